The van der Waals surface area contributed by atoms with Crippen LogP contribution in [0.2, 0.25) is 0 Å². The number of thiophene rings is 1. The second-order valence-electron chi connectivity index (χ2n) is 13.7. The molecule has 1 aromatic heterocycles. The molecule has 54 heavy (non-hydrogen) atoms. The molecule has 0 radical (unpaired) electrons. The maximum Gasteiger partial charge on any atom is 0.0640 e. The fourth-order valence-electron chi connectivity index (χ4n) is 7.82. The number of anilines is 3. The molecule has 0 aliphatic rings. The van der Waals surface area contributed by atoms with Crippen molar-refractivity contribution in [2.75, 3.05) is 4.90 Å². The van der Waals surface area contributed by atoms with Crippen molar-refractivity contribution in [2.24, 2.45) is 0 Å². The van der Waals surface area contributed by atoms with Gasteiger partial charge < -0.3 is 4.90 Å². The van der Waals surface area contributed by atoms with Crippen molar-refractivity contribution in [3.05, 3.63) is 212 Å². The van der Waals surface area contributed by atoms with Gasteiger partial charge in [-0.25, -0.2) is 0 Å². The Morgan fingerprint density at radius 1 is 0.296 bits per heavy atom. The van der Waals surface area contributed by atoms with Gasteiger partial charge in [-0.3, -0.25) is 0 Å². The van der Waals surface area contributed by atoms with E-state index in [0.717, 1.165) is 17.1 Å². The first-order valence-corrected chi connectivity index (χ1v) is 19.2. The zero-order valence-corrected chi connectivity index (χ0v) is 30.4. The summed E-state index contributed by atoms with van der Waals surface area (Å²) < 4.78 is 2.57. The molecule has 0 saturated carbocycles. The molecule has 0 aliphatic carbocycles. The second-order valence-corrected chi connectivity index (χ2v) is 14.7. The van der Waals surface area contributed by atoms with Gasteiger partial charge in [0.1, 0.15) is 0 Å². The maximum atomic E-state index is 2.45. The Balaban J connectivity index is 1.18. The SMILES string of the molecule is c1ccc(-c2ccc(N(c3ccc(-c4ccc5ccccc5c4)cc3)c3cccc4c3sc3c(-c5ccccc5)cccc34)cc2-c2ccccc2)cc1. The molecule has 2 heteroatoms. The van der Waals surface area contributed by atoms with Gasteiger partial charge in [-0.15, -0.1) is 11.3 Å². The largest absolute Gasteiger partial charge is 0.309 e. The minimum atomic E-state index is 1.11. The summed E-state index contributed by atoms with van der Waals surface area (Å²) >= 11 is 1.89. The van der Waals surface area contributed by atoms with Crippen LogP contribution in [0.3, 0.4) is 0 Å². The first-order chi connectivity index (χ1) is 26.8. The number of fused-ring (bicyclic) bond motifs is 4. The summed E-state index contributed by atoms with van der Waals surface area (Å²) in [6.45, 7) is 0. The third-order valence-electron chi connectivity index (χ3n) is 10.5. The molecular weight excluding hydrogens is 671 g/mol. The summed E-state index contributed by atoms with van der Waals surface area (Å²) in [5.41, 5.74) is 13.1. The van der Waals surface area contributed by atoms with E-state index >= 15 is 0 Å². The molecule has 9 aromatic carbocycles. The molecule has 0 N–H and O–H groups in total. The highest BCUT2D eigenvalue weighted by Crippen LogP contribution is 2.48. The van der Waals surface area contributed by atoms with Crippen LogP contribution in [0.5, 0.6) is 0 Å². The maximum absolute atomic E-state index is 2.45. The third kappa shape index (κ3) is 5.74. The van der Waals surface area contributed by atoms with Gasteiger partial charge in [0, 0.05) is 26.8 Å². The summed E-state index contributed by atoms with van der Waals surface area (Å²) in [4.78, 5) is 2.45. The van der Waals surface area contributed by atoms with Crippen LogP contribution in [-0.4, -0.2) is 0 Å². The molecule has 1 nitrogen and oxygen atoms in total. The van der Waals surface area contributed by atoms with E-state index in [4.69, 9.17) is 0 Å². The quantitative estimate of drug-likeness (QED) is 0.160. The monoisotopic (exact) mass is 705 g/mol. The lowest BCUT2D eigenvalue weighted by Crippen LogP contribution is -2.10. The summed E-state index contributed by atoms with van der Waals surface area (Å²) in [7, 11) is 0. The van der Waals surface area contributed by atoms with E-state index in [9.17, 15) is 0 Å². The molecule has 0 amide bonds. The van der Waals surface area contributed by atoms with Crippen molar-refractivity contribution in [1.82, 2.24) is 0 Å². The Labute approximate surface area is 319 Å². The molecule has 0 fully saturated rings. The van der Waals surface area contributed by atoms with Gasteiger partial charge in [-0.05, 0) is 91.7 Å². The number of nitrogens with zero attached hydrogens (tertiary/aromatic N) is 1. The molecule has 0 spiro atoms. The van der Waals surface area contributed by atoms with Crippen molar-refractivity contribution in [3.63, 3.8) is 0 Å². The number of benzene rings is 9. The Morgan fingerprint density at radius 2 is 0.852 bits per heavy atom. The van der Waals surface area contributed by atoms with E-state index in [1.807, 2.05) is 11.3 Å². The lowest BCUT2D eigenvalue weighted by atomic mass is 9.93. The molecule has 10 rings (SSSR count). The number of hydrogen-bond donors (Lipinski definition) is 0. The molecule has 1 heterocycles. The highest BCUT2D eigenvalue weighted by molar-refractivity contribution is 7.27. The Hall–Kier alpha value is -6.74. The zero-order valence-electron chi connectivity index (χ0n) is 29.6. The van der Waals surface area contributed by atoms with Crippen LogP contribution in [0.1, 0.15) is 0 Å². The van der Waals surface area contributed by atoms with Crippen LogP contribution in [0.25, 0.3) is 75.5 Å². The molecule has 254 valence electrons. The highest BCUT2D eigenvalue weighted by Gasteiger charge is 2.21. The fraction of sp³-hybridized carbons (Fsp3) is 0. The standard InChI is InChI=1S/C52H35NS/c1-4-15-38(16-5-1)45-33-32-44(35-49(45)40-19-8-3-9-20-40)53(43-30-28-37(29-31-43)42-27-26-36-14-10-11-21-41(36)34-42)50-25-13-24-48-47-23-12-22-46(51(47)54-52(48)50)39-17-6-2-7-18-39/h1-35H. The summed E-state index contributed by atoms with van der Waals surface area (Å²) in [6, 6.07) is 77.1. The Bertz CT molecular complexity index is 2910. The zero-order chi connectivity index (χ0) is 35.8. The Morgan fingerprint density at radius 3 is 1.56 bits per heavy atom. The fourth-order valence-corrected chi connectivity index (χ4v) is 9.16. The van der Waals surface area contributed by atoms with Crippen LogP contribution >= 0.6 is 11.3 Å². The van der Waals surface area contributed by atoms with Crippen molar-refractivity contribution >= 4 is 59.3 Å². The third-order valence-corrected chi connectivity index (χ3v) is 11.7. The van der Waals surface area contributed by atoms with Crippen LogP contribution in [0.4, 0.5) is 17.1 Å². The summed E-state index contributed by atoms with van der Waals surface area (Å²) in [6.07, 6.45) is 0. The predicted octanol–water partition coefficient (Wildman–Crippen LogP) is 15.3. The van der Waals surface area contributed by atoms with E-state index in [-0.39, 0.29) is 0 Å². The summed E-state index contributed by atoms with van der Waals surface area (Å²) in [5, 5.41) is 5.06. The van der Waals surface area contributed by atoms with Crippen molar-refractivity contribution < 1.29 is 0 Å². The first kappa shape index (κ1) is 32.0. The number of rotatable bonds is 7. The topological polar surface area (TPSA) is 3.24 Å². The second kappa shape index (κ2) is 13.7. The predicted molar refractivity (Wildman–Crippen MR) is 233 cm³/mol. The Kier molecular flexibility index (Phi) is 8.09. The van der Waals surface area contributed by atoms with Crippen molar-refractivity contribution in [1.29, 1.82) is 0 Å². The van der Waals surface area contributed by atoms with E-state index in [0.29, 0.717) is 0 Å². The average molecular weight is 706 g/mol. The van der Waals surface area contributed by atoms with E-state index in [2.05, 4.69) is 217 Å². The molecule has 0 atom stereocenters. The van der Waals surface area contributed by atoms with Crippen LogP contribution in [0.15, 0.2) is 212 Å². The highest BCUT2D eigenvalue weighted by atomic mass is 32.1. The lowest BCUT2D eigenvalue weighted by Gasteiger charge is -2.27. The minimum absolute atomic E-state index is 1.11. The van der Waals surface area contributed by atoms with Crippen LogP contribution in [0, 0.1) is 0 Å². The van der Waals surface area contributed by atoms with Crippen LogP contribution < -0.4 is 4.90 Å². The summed E-state index contributed by atoms with van der Waals surface area (Å²) in [5.74, 6) is 0. The van der Waals surface area contributed by atoms with Gasteiger partial charge in [-0.1, -0.05) is 176 Å². The van der Waals surface area contributed by atoms with E-state index in [1.165, 1.54) is 75.5 Å². The molecule has 0 saturated heterocycles. The van der Waals surface area contributed by atoms with Gasteiger partial charge in [0.05, 0.1) is 10.4 Å². The van der Waals surface area contributed by atoms with E-state index < -0.39 is 0 Å². The number of hydrogen-bond acceptors (Lipinski definition) is 2. The minimum Gasteiger partial charge on any atom is -0.309 e. The van der Waals surface area contributed by atoms with Crippen molar-refractivity contribution in [2.45, 2.75) is 0 Å². The van der Waals surface area contributed by atoms with E-state index in [1.54, 1.807) is 0 Å². The molecular formula is C52H35NS. The van der Waals surface area contributed by atoms with Crippen molar-refractivity contribution in [3.8, 4) is 44.5 Å². The molecule has 0 aliphatic heterocycles. The first-order valence-electron chi connectivity index (χ1n) is 18.4. The lowest BCUT2D eigenvalue weighted by molar-refractivity contribution is 1.30. The normalized spacial score (nSPS) is 11.3. The molecule has 0 unspecified atom stereocenters. The van der Waals surface area contributed by atoms with Gasteiger partial charge >= 0.3 is 0 Å². The van der Waals surface area contributed by atoms with Gasteiger partial charge in [-0.2, -0.15) is 0 Å². The van der Waals surface area contributed by atoms with Gasteiger partial charge in [0.15, 0.2) is 0 Å². The molecule has 10 aromatic rings. The van der Waals surface area contributed by atoms with Gasteiger partial charge in [0.25, 0.3) is 0 Å². The average Bonchev–Trinajstić information content (AvgIpc) is 3.65. The molecule has 0 bridgehead atoms. The smallest absolute Gasteiger partial charge is 0.0640 e. The van der Waals surface area contributed by atoms with Gasteiger partial charge in [0.2, 0.25) is 0 Å². The van der Waals surface area contributed by atoms with Crippen LogP contribution in [-0.2, 0) is 0 Å².